The van der Waals surface area contributed by atoms with Crippen LogP contribution in [0.4, 0.5) is 11.6 Å². The van der Waals surface area contributed by atoms with Crippen molar-refractivity contribution in [1.29, 1.82) is 0 Å². The monoisotopic (exact) mass is 375 g/mol. The van der Waals surface area contributed by atoms with Crippen molar-refractivity contribution in [1.82, 2.24) is 14.3 Å². The van der Waals surface area contributed by atoms with E-state index < -0.39 is 10.0 Å². The first-order valence-electron chi connectivity index (χ1n) is 8.62. The third kappa shape index (κ3) is 3.81. The predicted molar refractivity (Wildman–Crippen MR) is 103 cm³/mol. The van der Waals surface area contributed by atoms with Gasteiger partial charge in [0.15, 0.2) is 0 Å². The van der Waals surface area contributed by atoms with E-state index >= 15 is 0 Å². The molecular weight excluding hydrogens is 350 g/mol. The fraction of sp³-hybridized carbons (Fsp3) is 0.444. The molecule has 26 heavy (non-hydrogen) atoms. The Hall–Kier alpha value is -2.19. The lowest BCUT2D eigenvalue weighted by Gasteiger charge is -2.35. The summed E-state index contributed by atoms with van der Waals surface area (Å²) in [6.07, 6.45) is 0. The molecule has 1 fully saturated rings. The van der Waals surface area contributed by atoms with Crippen LogP contribution in [-0.2, 0) is 10.0 Å². The highest BCUT2D eigenvalue weighted by Gasteiger charge is 2.29. The van der Waals surface area contributed by atoms with E-state index in [-0.39, 0.29) is 0 Å². The van der Waals surface area contributed by atoms with Crippen LogP contribution in [0.2, 0.25) is 0 Å². The van der Waals surface area contributed by atoms with Crippen LogP contribution in [0.1, 0.15) is 11.4 Å². The van der Waals surface area contributed by atoms with E-state index in [1.165, 1.54) is 0 Å². The molecule has 2 aromatic rings. The van der Waals surface area contributed by atoms with Crippen LogP contribution in [0.5, 0.6) is 0 Å². The highest BCUT2D eigenvalue weighted by Crippen LogP contribution is 2.22. The summed E-state index contributed by atoms with van der Waals surface area (Å²) >= 11 is 0. The summed E-state index contributed by atoms with van der Waals surface area (Å²) in [7, 11) is 0.431. The number of piperazine rings is 1. The minimum Gasteiger partial charge on any atom is -0.363 e. The van der Waals surface area contributed by atoms with Crippen molar-refractivity contribution in [2.75, 3.05) is 50.1 Å². The molecule has 140 valence electrons. The van der Waals surface area contributed by atoms with Gasteiger partial charge in [0.1, 0.15) is 17.5 Å². The Bertz CT molecular complexity index is 890. The maximum Gasteiger partial charge on any atom is 0.243 e. The molecule has 0 amide bonds. The molecule has 0 bridgehead atoms. The molecule has 1 aliphatic heterocycles. The standard InChI is InChI=1S/C18H25N5O2S/c1-14-6-5-7-16(12-14)26(24,25)23-10-8-22(9-11-23)18-13-17(21(3)4)19-15(2)20-18/h5-7,12-13H,8-11H2,1-4H3. The zero-order chi connectivity index (χ0) is 18.9. The lowest BCUT2D eigenvalue weighted by Crippen LogP contribution is -2.49. The van der Waals surface area contributed by atoms with Gasteiger partial charge in [0.05, 0.1) is 4.90 Å². The van der Waals surface area contributed by atoms with Gasteiger partial charge in [-0.15, -0.1) is 0 Å². The third-order valence-electron chi connectivity index (χ3n) is 4.46. The summed E-state index contributed by atoms with van der Waals surface area (Å²) in [5, 5.41) is 0. The highest BCUT2D eigenvalue weighted by atomic mass is 32.2. The molecule has 2 heterocycles. The van der Waals surface area contributed by atoms with Gasteiger partial charge in [-0.1, -0.05) is 12.1 Å². The van der Waals surface area contributed by atoms with E-state index in [0.717, 1.165) is 17.2 Å². The molecule has 1 saturated heterocycles. The SMILES string of the molecule is Cc1cccc(S(=O)(=O)N2CCN(c3cc(N(C)C)nc(C)n3)CC2)c1. The van der Waals surface area contributed by atoms with Crippen molar-refractivity contribution < 1.29 is 8.42 Å². The zero-order valence-corrected chi connectivity index (χ0v) is 16.5. The zero-order valence-electron chi connectivity index (χ0n) is 15.7. The number of anilines is 2. The highest BCUT2D eigenvalue weighted by molar-refractivity contribution is 7.89. The second-order valence-electron chi connectivity index (χ2n) is 6.73. The molecule has 7 nitrogen and oxygen atoms in total. The molecule has 1 aliphatic rings. The van der Waals surface area contributed by atoms with Gasteiger partial charge in [-0.2, -0.15) is 4.31 Å². The fourth-order valence-electron chi connectivity index (χ4n) is 3.01. The van der Waals surface area contributed by atoms with Crippen molar-refractivity contribution in [3.05, 3.63) is 41.7 Å². The quantitative estimate of drug-likeness (QED) is 0.810. The number of rotatable bonds is 4. The van der Waals surface area contributed by atoms with Gasteiger partial charge in [0, 0.05) is 46.3 Å². The molecule has 8 heteroatoms. The molecule has 0 unspecified atom stereocenters. The van der Waals surface area contributed by atoms with E-state index in [9.17, 15) is 8.42 Å². The predicted octanol–water partition coefficient (Wildman–Crippen LogP) is 1.67. The normalized spacial score (nSPS) is 15.9. The Morgan fingerprint density at radius 3 is 2.31 bits per heavy atom. The molecule has 0 N–H and O–H groups in total. The molecule has 1 aromatic heterocycles. The van der Waals surface area contributed by atoms with Crippen molar-refractivity contribution >= 4 is 21.7 Å². The van der Waals surface area contributed by atoms with Crippen LogP contribution in [0.3, 0.4) is 0 Å². The van der Waals surface area contributed by atoms with E-state index in [4.69, 9.17) is 0 Å². The molecule has 0 atom stereocenters. The molecule has 0 aliphatic carbocycles. The summed E-state index contributed by atoms with van der Waals surface area (Å²) in [6.45, 7) is 5.86. The van der Waals surface area contributed by atoms with Crippen LogP contribution in [0, 0.1) is 13.8 Å². The van der Waals surface area contributed by atoms with Crippen molar-refractivity contribution in [2.24, 2.45) is 0 Å². The van der Waals surface area contributed by atoms with Crippen LogP contribution in [0.25, 0.3) is 0 Å². The minimum atomic E-state index is -3.45. The van der Waals surface area contributed by atoms with Crippen molar-refractivity contribution in [3.8, 4) is 0 Å². The second-order valence-corrected chi connectivity index (χ2v) is 8.67. The van der Waals surface area contributed by atoms with Gasteiger partial charge in [-0.05, 0) is 31.5 Å². The summed E-state index contributed by atoms with van der Waals surface area (Å²) < 4.78 is 27.3. The molecule has 0 radical (unpaired) electrons. The first-order chi connectivity index (χ1) is 12.3. The van der Waals surface area contributed by atoms with Crippen LogP contribution >= 0.6 is 0 Å². The number of aryl methyl sites for hydroxylation is 2. The fourth-order valence-corrected chi connectivity index (χ4v) is 4.54. The van der Waals surface area contributed by atoms with Gasteiger partial charge in [-0.3, -0.25) is 0 Å². The number of sulfonamides is 1. The van der Waals surface area contributed by atoms with Gasteiger partial charge < -0.3 is 9.80 Å². The number of aromatic nitrogens is 2. The summed E-state index contributed by atoms with van der Waals surface area (Å²) in [6, 6.07) is 9.00. The largest absolute Gasteiger partial charge is 0.363 e. The van der Waals surface area contributed by atoms with Gasteiger partial charge >= 0.3 is 0 Å². The Kier molecular flexibility index (Phi) is 5.15. The second kappa shape index (κ2) is 7.20. The molecular formula is C18H25N5O2S. The van der Waals surface area contributed by atoms with E-state index in [2.05, 4.69) is 14.9 Å². The molecule has 0 saturated carbocycles. The first kappa shape index (κ1) is 18.6. The molecule has 3 rings (SSSR count). The maximum atomic E-state index is 12.9. The van der Waals surface area contributed by atoms with Crippen LogP contribution in [0.15, 0.2) is 35.2 Å². The number of hydrogen-bond acceptors (Lipinski definition) is 6. The average Bonchev–Trinajstić information content (AvgIpc) is 2.61. The number of benzene rings is 1. The van der Waals surface area contributed by atoms with Gasteiger partial charge in [0.2, 0.25) is 10.0 Å². The molecule has 1 aromatic carbocycles. The lowest BCUT2D eigenvalue weighted by molar-refractivity contribution is 0.383. The Morgan fingerprint density at radius 1 is 1.00 bits per heavy atom. The minimum absolute atomic E-state index is 0.360. The van der Waals surface area contributed by atoms with Gasteiger partial charge in [0.25, 0.3) is 0 Å². The maximum absolute atomic E-state index is 12.9. The number of nitrogens with zero attached hydrogens (tertiary/aromatic N) is 5. The van der Waals surface area contributed by atoms with Crippen molar-refractivity contribution in [2.45, 2.75) is 18.7 Å². The van der Waals surface area contributed by atoms with Crippen molar-refractivity contribution in [3.63, 3.8) is 0 Å². The summed E-state index contributed by atoms with van der Waals surface area (Å²) in [4.78, 5) is 13.3. The average molecular weight is 375 g/mol. The van der Waals surface area contributed by atoms with Crippen LogP contribution in [-0.4, -0.2) is 63.0 Å². The van der Waals surface area contributed by atoms with Crippen LogP contribution < -0.4 is 9.80 Å². The number of hydrogen-bond donors (Lipinski definition) is 0. The van der Waals surface area contributed by atoms with E-state index in [1.54, 1.807) is 22.5 Å². The van der Waals surface area contributed by atoms with E-state index in [1.807, 2.05) is 45.0 Å². The summed E-state index contributed by atoms with van der Waals surface area (Å²) in [5.41, 5.74) is 0.942. The van der Waals surface area contributed by atoms with Gasteiger partial charge in [-0.25, -0.2) is 18.4 Å². The first-order valence-corrected chi connectivity index (χ1v) is 10.1. The summed E-state index contributed by atoms with van der Waals surface area (Å²) in [5.74, 6) is 2.40. The molecule has 0 spiro atoms. The Balaban J connectivity index is 1.75. The topological polar surface area (TPSA) is 69.6 Å². The Morgan fingerprint density at radius 2 is 1.69 bits per heavy atom. The Labute approximate surface area is 155 Å². The third-order valence-corrected chi connectivity index (χ3v) is 6.35. The lowest BCUT2D eigenvalue weighted by atomic mass is 10.2. The van der Waals surface area contributed by atoms with E-state index in [0.29, 0.717) is 36.9 Å². The smallest absolute Gasteiger partial charge is 0.243 e.